The van der Waals surface area contributed by atoms with Crippen LogP contribution in [-0.4, -0.2) is 23.7 Å². The summed E-state index contributed by atoms with van der Waals surface area (Å²) in [6.45, 7) is 2.85. The van der Waals surface area contributed by atoms with Crippen LogP contribution in [0.3, 0.4) is 0 Å². The van der Waals surface area contributed by atoms with Crippen LogP contribution in [0.25, 0.3) is 0 Å². The molecule has 1 heterocycles. The van der Waals surface area contributed by atoms with Crippen LogP contribution in [0.5, 0.6) is 11.5 Å². The Balaban J connectivity index is 1.54. The molecule has 0 fully saturated rings. The van der Waals surface area contributed by atoms with E-state index in [2.05, 4.69) is 4.90 Å². The standard InChI is InChI=1S/C18H19Cl2NO2/c1-23-18-7-12(4-5-17(18)22)3-2-6-21-10-13-8-15(19)16(20)9-14(13)11-21/h4-5,7-9,22H,2-3,6,10-11H2,1H3. The lowest BCUT2D eigenvalue weighted by Gasteiger charge is -2.14. The number of nitrogens with zero attached hydrogens (tertiary/aromatic N) is 1. The third-order valence-corrected chi connectivity index (χ3v) is 4.94. The Morgan fingerprint density at radius 3 is 2.35 bits per heavy atom. The molecule has 1 aliphatic heterocycles. The Morgan fingerprint density at radius 2 is 1.74 bits per heavy atom. The number of ether oxygens (including phenoxy) is 1. The summed E-state index contributed by atoms with van der Waals surface area (Å²) >= 11 is 12.2. The first-order valence-corrected chi connectivity index (χ1v) is 8.37. The van der Waals surface area contributed by atoms with Gasteiger partial charge in [-0.1, -0.05) is 29.3 Å². The lowest BCUT2D eigenvalue weighted by atomic mass is 10.1. The second kappa shape index (κ2) is 7.00. The number of fused-ring (bicyclic) bond motifs is 1. The minimum atomic E-state index is 0.181. The highest BCUT2D eigenvalue weighted by molar-refractivity contribution is 6.42. The first-order chi connectivity index (χ1) is 11.1. The molecule has 2 aromatic carbocycles. The van der Waals surface area contributed by atoms with Gasteiger partial charge >= 0.3 is 0 Å². The smallest absolute Gasteiger partial charge is 0.160 e. The van der Waals surface area contributed by atoms with Crippen LogP contribution < -0.4 is 4.74 Å². The summed E-state index contributed by atoms with van der Waals surface area (Å²) in [6, 6.07) is 9.47. The number of rotatable bonds is 5. The topological polar surface area (TPSA) is 32.7 Å². The van der Waals surface area contributed by atoms with Gasteiger partial charge < -0.3 is 9.84 Å². The number of benzene rings is 2. The molecule has 0 saturated carbocycles. The molecule has 0 spiro atoms. The summed E-state index contributed by atoms with van der Waals surface area (Å²) in [5, 5.41) is 10.9. The molecule has 5 heteroatoms. The van der Waals surface area contributed by atoms with Crippen molar-refractivity contribution in [2.24, 2.45) is 0 Å². The number of halogens is 2. The zero-order valence-corrected chi connectivity index (χ0v) is 14.5. The first-order valence-electron chi connectivity index (χ1n) is 7.62. The number of hydrogen-bond acceptors (Lipinski definition) is 3. The van der Waals surface area contributed by atoms with Crippen molar-refractivity contribution >= 4 is 23.2 Å². The van der Waals surface area contributed by atoms with Gasteiger partial charge in [-0.15, -0.1) is 0 Å². The van der Waals surface area contributed by atoms with Crippen LogP contribution >= 0.6 is 23.2 Å². The predicted molar refractivity (Wildman–Crippen MR) is 93.6 cm³/mol. The van der Waals surface area contributed by atoms with Crippen LogP contribution in [0.2, 0.25) is 10.0 Å². The van der Waals surface area contributed by atoms with Crippen LogP contribution in [-0.2, 0) is 19.5 Å². The summed E-state index contributed by atoms with van der Waals surface area (Å²) in [5.41, 5.74) is 3.71. The largest absolute Gasteiger partial charge is 0.504 e. The maximum Gasteiger partial charge on any atom is 0.160 e. The van der Waals surface area contributed by atoms with Gasteiger partial charge in [-0.3, -0.25) is 4.90 Å². The number of hydrogen-bond donors (Lipinski definition) is 1. The maximum absolute atomic E-state index is 9.62. The molecule has 0 saturated heterocycles. The van der Waals surface area contributed by atoms with Gasteiger partial charge in [-0.05, 0) is 60.3 Å². The summed E-state index contributed by atoms with van der Waals surface area (Å²) in [4.78, 5) is 2.40. The van der Waals surface area contributed by atoms with Crippen molar-refractivity contribution in [3.8, 4) is 11.5 Å². The molecule has 0 radical (unpaired) electrons. The van der Waals surface area contributed by atoms with Crippen LogP contribution in [0.4, 0.5) is 0 Å². The zero-order chi connectivity index (χ0) is 16.4. The Kier molecular flexibility index (Phi) is 5.00. The van der Waals surface area contributed by atoms with E-state index in [4.69, 9.17) is 27.9 Å². The van der Waals surface area contributed by atoms with Crippen molar-refractivity contribution in [2.75, 3.05) is 13.7 Å². The van der Waals surface area contributed by atoms with Gasteiger partial charge in [0.05, 0.1) is 17.2 Å². The summed E-state index contributed by atoms with van der Waals surface area (Å²) in [6.07, 6.45) is 1.99. The van der Waals surface area contributed by atoms with E-state index in [-0.39, 0.29) is 5.75 Å². The summed E-state index contributed by atoms with van der Waals surface area (Å²) in [7, 11) is 1.57. The van der Waals surface area contributed by atoms with Gasteiger partial charge in [0.25, 0.3) is 0 Å². The van der Waals surface area contributed by atoms with E-state index in [9.17, 15) is 5.11 Å². The Bertz CT molecular complexity index is 687. The fourth-order valence-electron chi connectivity index (χ4n) is 3.00. The summed E-state index contributed by atoms with van der Waals surface area (Å²) < 4.78 is 5.14. The van der Waals surface area contributed by atoms with Crippen molar-refractivity contribution < 1.29 is 9.84 Å². The van der Waals surface area contributed by atoms with Crippen molar-refractivity contribution in [3.63, 3.8) is 0 Å². The highest BCUT2D eigenvalue weighted by atomic mass is 35.5. The van der Waals surface area contributed by atoms with Gasteiger partial charge in [-0.2, -0.15) is 0 Å². The molecule has 0 amide bonds. The third-order valence-electron chi connectivity index (χ3n) is 4.21. The van der Waals surface area contributed by atoms with Gasteiger partial charge in [-0.25, -0.2) is 0 Å². The normalized spacial score (nSPS) is 14.0. The van der Waals surface area contributed by atoms with Crippen molar-refractivity contribution in [1.82, 2.24) is 4.90 Å². The maximum atomic E-state index is 9.62. The first kappa shape index (κ1) is 16.4. The van der Waals surface area contributed by atoms with Crippen molar-refractivity contribution in [2.45, 2.75) is 25.9 Å². The molecule has 2 aromatic rings. The molecule has 122 valence electrons. The molecule has 1 N–H and O–H groups in total. The molecular formula is C18H19Cl2NO2. The van der Waals surface area contributed by atoms with Crippen LogP contribution in [0.1, 0.15) is 23.1 Å². The monoisotopic (exact) mass is 351 g/mol. The molecule has 0 bridgehead atoms. The predicted octanol–water partition coefficient (Wildman–Crippen LogP) is 4.66. The highest BCUT2D eigenvalue weighted by Crippen LogP contribution is 2.31. The number of phenolic OH excluding ortho intramolecular Hbond substituents is 1. The number of aryl methyl sites for hydroxylation is 1. The average Bonchev–Trinajstić information content (AvgIpc) is 2.91. The molecule has 3 nitrogen and oxygen atoms in total. The molecule has 23 heavy (non-hydrogen) atoms. The van der Waals surface area contributed by atoms with Gasteiger partial charge in [0, 0.05) is 13.1 Å². The minimum Gasteiger partial charge on any atom is -0.504 e. The number of aromatic hydroxyl groups is 1. The lowest BCUT2D eigenvalue weighted by Crippen LogP contribution is -2.18. The molecule has 0 aliphatic carbocycles. The quantitative estimate of drug-likeness (QED) is 0.850. The van der Waals surface area contributed by atoms with E-state index in [1.54, 1.807) is 13.2 Å². The molecule has 0 aromatic heterocycles. The molecule has 1 aliphatic rings. The fraction of sp³-hybridized carbons (Fsp3) is 0.333. The van der Waals surface area contributed by atoms with E-state index in [0.717, 1.165) is 32.5 Å². The lowest BCUT2D eigenvalue weighted by molar-refractivity contribution is 0.280. The summed E-state index contributed by atoms with van der Waals surface area (Å²) in [5.74, 6) is 0.709. The number of phenols is 1. The van der Waals surface area contributed by atoms with Gasteiger partial charge in [0.15, 0.2) is 11.5 Å². The van der Waals surface area contributed by atoms with E-state index in [0.29, 0.717) is 15.8 Å². The Hall–Kier alpha value is -1.42. The zero-order valence-electron chi connectivity index (χ0n) is 13.0. The fourth-order valence-corrected chi connectivity index (χ4v) is 3.38. The second-order valence-corrected chi connectivity index (χ2v) is 6.67. The molecule has 0 atom stereocenters. The van der Waals surface area contributed by atoms with E-state index in [1.807, 2.05) is 24.3 Å². The van der Waals surface area contributed by atoms with Crippen LogP contribution in [0.15, 0.2) is 30.3 Å². The Labute approximate surface area is 146 Å². The van der Waals surface area contributed by atoms with Crippen molar-refractivity contribution in [1.29, 1.82) is 0 Å². The SMILES string of the molecule is COc1cc(CCCN2Cc3cc(Cl)c(Cl)cc3C2)ccc1O. The van der Waals surface area contributed by atoms with E-state index >= 15 is 0 Å². The Morgan fingerprint density at radius 1 is 1.09 bits per heavy atom. The van der Waals surface area contributed by atoms with Crippen LogP contribution in [0, 0.1) is 0 Å². The second-order valence-electron chi connectivity index (χ2n) is 5.86. The third kappa shape index (κ3) is 3.74. The molecular weight excluding hydrogens is 333 g/mol. The van der Waals surface area contributed by atoms with E-state index in [1.165, 1.54) is 16.7 Å². The molecule has 0 unspecified atom stereocenters. The highest BCUT2D eigenvalue weighted by Gasteiger charge is 2.20. The van der Waals surface area contributed by atoms with Crippen molar-refractivity contribution in [3.05, 3.63) is 57.1 Å². The van der Waals surface area contributed by atoms with E-state index < -0.39 is 0 Å². The molecule has 3 rings (SSSR count). The number of methoxy groups -OCH3 is 1. The van der Waals surface area contributed by atoms with Gasteiger partial charge in [0.1, 0.15) is 0 Å². The minimum absolute atomic E-state index is 0.181. The van der Waals surface area contributed by atoms with Gasteiger partial charge in [0.2, 0.25) is 0 Å². The average molecular weight is 352 g/mol.